The number of methoxy groups -OCH3 is 1. The molecule has 0 saturated heterocycles. The minimum absolute atomic E-state index is 0.0492. The molecule has 0 aromatic carbocycles. The summed E-state index contributed by atoms with van der Waals surface area (Å²) in [4.78, 5) is 4.96. The van der Waals surface area contributed by atoms with E-state index in [1.54, 1.807) is 14.0 Å². The van der Waals surface area contributed by atoms with Crippen molar-refractivity contribution in [3.63, 3.8) is 0 Å². The van der Waals surface area contributed by atoms with Gasteiger partial charge in [0.2, 0.25) is 0 Å². The second-order valence-electron chi connectivity index (χ2n) is 2.49. The molecule has 68 valence electrons. The second kappa shape index (κ2) is 6.54. The Bertz CT molecular complexity index is 87.8. The molecule has 11 heavy (non-hydrogen) atoms. The van der Waals surface area contributed by atoms with Gasteiger partial charge in [-0.25, -0.2) is 0 Å². The quantitative estimate of drug-likeness (QED) is 0.425. The maximum atomic E-state index is 9.00. The van der Waals surface area contributed by atoms with Gasteiger partial charge in [0, 0.05) is 7.11 Å². The molecule has 0 rings (SSSR count). The molecule has 0 heterocycles. The van der Waals surface area contributed by atoms with Crippen LogP contribution in [0.1, 0.15) is 13.8 Å². The molecule has 4 nitrogen and oxygen atoms in total. The Kier molecular flexibility index (Phi) is 6.45. The summed E-state index contributed by atoms with van der Waals surface area (Å²) >= 11 is 0. The van der Waals surface area contributed by atoms with Gasteiger partial charge in [0.15, 0.2) is 0 Å². The van der Waals surface area contributed by atoms with Crippen molar-refractivity contribution in [1.82, 2.24) is 5.48 Å². The summed E-state index contributed by atoms with van der Waals surface area (Å²) in [7, 11) is 1.61. The van der Waals surface area contributed by atoms with E-state index in [9.17, 15) is 0 Å². The molecule has 0 aliphatic heterocycles. The highest BCUT2D eigenvalue weighted by atomic mass is 16.7. The normalized spacial score (nSPS) is 16.4. The van der Waals surface area contributed by atoms with Gasteiger partial charge in [-0.2, -0.15) is 5.48 Å². The molecule has 0 fully saturated rings. The van der Waals surface area contributed by atoms with Gasteiger partial charge >= 0.3 is 0 Å². The van der Waals surface area contributed by atoms with Gasteiger partial charge in [0.1, 0.15) is 0 Å². The molecule has 2 unspecified atom stereocenters. The second-order valence-corrected chi connectivity index (χ2v) is 2.49. The predicted molar refractivity (Wildman–Crippen MR) is 42.1 cm³/mol. The summed E-state index contributed by atoms with van der Waals surface area (Å²) < 4.78 is 4.76. The monoisotopic (exact) mass is 163 g/mol. The molecule has 4 heteroatoms. The van der Waals surface area contributed by atoms with E-state index in [0.29, 0.717) is 13.2 Å². The average Bonchev–Trinajstić information content (AvgIpc) is 1.97. The minimum atomic E-state index is -0.405. The highest BCUT2D eigenvalue weighted by Crippen LogP contribution is 1.89. The third-order valence-electron chi connectivity index (χ3n) is 1.38. The lowest BCUT2D eigenvalue weighted by Crippen LogP contribution is -2.36. The molecule has 0 spiro atoms. The van der Waals surface area contributed by atoms with Crippen molar-refractivity contribution in [2.45, 2.75) is 26.0 Å². The van der Waals surface area contributed by atoms with Gasteiger partial charge < -0.3 is 9.84 Å². The average molecular weight is 163 g/mol. The Hall–Kier alpha value is -0.160. The Balaban J connectivity index is 3.10. The van der Waals surface area contributed by atoms with Crippen LogP contribution in [0.3, 0.4) is 0 Å². The zero-order valence-corrected chi connectivity index (χ0v) is 7.33. The Morgan fingerprint density at radius 2 is 2.00 bits per heavy atom. The number of rotatable bonds is 6. The van der Waals surface area contributed by atoms with Crippen molar-refractivity contribution in [2.24, 2.45) is 0 Å². The van der Waals surface area contributed by atoms with Crippen molar-refractivity contribution in [3.8, 4) is 0 Å². The van der Waals surface area contributed by atoms with E-state index in [-0.39, 0.29) is 6.04 Å². The van der Waals surface area contributed by atoms with E-state index in [4.69, 9.17) is 14.7 Å². The molecule has 0 aromatic rings. The fraction of sp³-hybridized carbons (Fsp3) is 1.00. The number of hydroxylamine groups is 1. The first-order valence-electron chi connectivity index (χ1n) is 3.72. The van der Waals surface area contributed by atoms with Crippen molar-refractivity contribution in [1.29, 1.82) is 0 Å². The summed E-state index contributed by atoms with van der Waals surface area (Å²) in [6.07, 6.45) is -0.405. The number of hydrogen-bond donors (Lipinski definition) is 2. The Morgan fingerprint density at radius 1 is 1.36 bits per heavy atom. The summed E-state index contributed by atoms with van der Waals surface area (Å²) in [5.41, 5.74) is 2.69. The first kappa shape index (κ1) is 10.8. The van der Waals surface area contributed by atoms with Crippen LogP contribution < -0.4 is 5.48 Å². The van der Waals surface area contributed by atoms with Crippen LogP contribution in [-0.2, 0) is 9.57 Å². The van der Waals surface area contributed by atoms with Gasteiger partial charge in [-0.3, -0.25) is 4.84 Å². The number of hydrogen-bond acceptors (Lipinski definition) is 4. The number of aliphatic hydroxyl groups excluding tert-OH is 1. The Morgan fingerprint density at radius 3 is 2.45 bits per heavy atom. The van der Waals surface area contributed by atoms with Crippen LogP contribution in [0.4, 0.5) is 0 Å². The van der Waals surface area contributed by atoms with Gasteiger partial charge in [0.05, 0.1) is 25.4 Å². The molecular weight excluding hydrogens is 146 g/mol. The summed E-state index contributed by atoms with van der Waals surface area (Å²) in [5, 5.41) is 9.00. The SMILES string of the molecule is COCCONC(C)C(C)O. The van der Waals surface area contributed by atoms with E-state index in [1.807, 2.05) is 6.92 Å². The first-order chi connectivity index (χ1) is 5.18. The Labute approximate surface area is 67.5 Å². The van der Waals surface area contributed by atoms with E-state index in [2.05, 4.69) is 5.48 Å². The minimum Gasteiger partial charge on any atom is -0.392 e. The largest absolute Gasteiger partial charge is 0.392 e. The maximum Gasteiger partial charge on any atom is 0.0916 e. The van der Waals surface area contributed by atoms with Gasteiger partial charge in [-0.1, -0.05) is 0 Å². The lowest BCUT2D eigenvalue weighted by atomic mass is 10.2. The predicted octanol–water partition coefficient (Wildman–Crippen LogP) is -0.0767. The molecular formula is C7H17NO3. The number of nitrogens with one attached hydrogen (secondary N) is 1. The van der Waals surface area contributed by atoms with E-state index in [0.717, 1.165) is 0 Å². The summed E-state index contributed by atoms with van der Waals surface area (Å²) in [6.45, 7) is 4.60. The standard InChI is InChI=1S/C7H17NO3/c1-6(7(2)9)8-11-5-4-10-3/h6-9H,4-5H2,1-3H3. The number of ether oxygens (including phenoxy) is 1. The third-order valence-corrected chi connectivity index (χ3v) is 1.38. The molecule has 0 aromatic heterocycles. The van der Waals surface area contributed by atoms with Crippen LogP contribution >= 0.6 is 0 Å². The van der Waals surface area contributed by atoms with E-state index < -0.39 is 6.10 Å². The van der Waals surface area contributed by atoms with Gasteiger partial charge in [-0.15, -0.1) is 0 Å². The molecule has 0 bridgehead atoms. The smallest absolute Gasteiger partial charge is 0.0916 e. The first-order valence-corrected chi connectivity index (χ1v) is 3.72. The van der Waals surface area contributed by atoms with Crippen LogP contribution in [-0.4, -0.2) is 37.6 Å². The fourth-order valence-electron chi connectivity index (χ4n) is 0.414. The third kappa shape index (κ3) is 6.25. The summed E-state index contributed by atoms with van der Waals surface area (Å²) in [6, 6.07) is -0.0492. The zero-order chi connectivity index (χ0) is 8.69. The lowest BCUT2D eigenvalue weighted by molar-refractivity contribution is -0.0321. The molecule has 0 amide bonds. The maximum absolute atomic E-state index is 9.00. The van der Waals surface area contributed by atoms with Gasteiger partial charge in [0.25, 0.3) is 0 Å². The van der Waals surface area contributed by atoms with E-state index >= 15 is 0 Å². The summed E-state index contributed by atoms with van der Waals surface area (Å²) in [5.74, 6) is 0. The zero-order valence-electron chi connectivity index (χ0n) is 7.33. The molecule has 2 N–H and O–H groups in total. The highest BCUT2D eigenvalue weighted by Gasteiger charge is 2.06. The lowest BCUT2D eigenvalue weighted by Gasteiger charge is -2.15. The topological polar surface area (TPSA) is 50.7 Å². The van der Waals surface area contributed by atoms with Crippen molar-refractivity contribution < 1.29 is 14.7 Å². The molecule has 0 aliphatic rings. The van der Waals surface area contributed by atoms with Crippen LogP contribution in [0.15, 0.2) is 0 Å². The van der Waals surface area contributed by atoms with Crippen molar-refractivity contribution in [3.05, 3.63) is 0 Å². The fourth-order valence-corrected chi connectivity index (χ4v) is 0.414. The van der Waals surface area contributed by atoms with Crippen molar-refractivity contribution >= 4 is 0 Å². The van der Waals surface area contributed by atoms with Crippen LogP contribution in [0.5, 0.6) is 0 Å². The van der Waals surface area contributed by atoms with Crippen LogP contribution in [0.25, 0.3) is 0 Å². The molecule has 2 atom stereocenters. The van der Waals surface area contributed by atoms with Gasteiger partial charge in [-0.05, 0) is 13.8 Å². The molecule has 0 aliphatic carbocycles. The molecule has 0 radical (unpaired) electrons. The van der Waals surface area contributed by atoms with Crippen molar-refractivity contribution in [2.75, 3.05) is 20.3 Å². The highest BCUT2D eigenvalue weighted by molar-refractivity contribution is 4.60. The van der Waals surface area contributed by atoms with E-state index in [1.165, 1.54) is 0 Å². The molecule has 0 saturated carbocycles. The number of aliphatic hydroxyl groups is 1. The van der Waals surface area contributed by atoms with Crippen LogP contribution in [0.2, 0.25) is 0 Å². The van der Waals surface area contributed by atoms with Crippen LogP contribution in [0, 0.1) is 0 Å².